The maximum Gasteiger partial charge on any atom is 0.269 e. The Morgan fingerprint density at radius 2 is 1.93 bits per heavy atom. The lowest BCUT2D eigenvalue weighted by atomic mass is 10.0. The Bertz CT molecular complexity index is 904. The summed E-state index contributed by atoms with van der Waals surface area (Å²) in [6.07, 6.45) is 5.81. The Hall–Kier alpha value is -2.45. The zero-order valence-electron chi connectivity index (χ0n) is 18.4. The van der Waals surface area contributed by atoms with Gasteiger partial charge in [0.15, 0.2) is 0 Å². The topological polar surface area (TPSA) is 60.7 Å². The van der Waals surface area contributed by atoms with Crippen LogP contribution in [0.4, 0.5) is 11.5 Å². The Morgan fingerprint density at radius 3 is 2.67 bits per heavy atom. The standard InChI is InChI=1S/C22H33N7O/c1-25(2)21-13-18(6-7-23-21)16-27-8-4-5-19(17-27)29-22(30)14-20(15-24-29)28-11-9-26(3)10-12-28/h6-7,13-15,19H,4-5,8-12,16-17H2,1-3H3/t19-/m1/s1. The Labute approximate surface area is 178 Å². The summed E-state index contributed by atoms with van der Waals surface area (Å²) in [6.45, 7) is 6.69. The molecule has 0 aromatic carbocycles. The number of hydrogen-bond acceptors (Lipinski definition) is 7. The summed E-state index contributed by atoms with van der Waals surface area (Å²) in [6, 6.07) is 6.11. The predicted molar refractivity (Wildman–Crippen MR) is 120 cm³/mol. The lowest BCUT2D eigenvalue weighted by molar-refractivity contribution is 0.160. The summed E-state index contributed by atoms with van der Waals surface area (Å²) in [4.78, 5) is 26.3. The van der Waals surface area contributed by atoms with Crippen molar-refractivity contribution >= 4 is 11.5 Å². The summed E-state index contributed by atoms with van der Waals surface area (Å²) in [7, 11) is 6.15. The van der Waals surface area contributed by atoms with Crippen molar-refractivity contribution in [3.8, 4) is 0 Å². The fraction of sp³-hybridized carbons (Fsp3) is 0.591. The van der Waals surface area contributed by atoms with Crippen LogP contribution in [0.5, 0.6) is 0 Å². The molecular weight excluding hydrogens is 378 g/mol. The number of likely N-dealkylation sites (N-methyl/N-ethyl adjacent to an activating group) is 1. The second-order valence-corrected chi connectivity index (χ2v) is 8.73. The van der Waals surface area contributed by atoms with Crippen molar-refractivity contribution in [2.45, 2.75) is 25.4 Å². The van der Waals surface area contributed by atoms with Crippen LogP contribution in [0.25, 0.3) is 0 Å². The maximum atomic E-state index is 12.9. The lowest BCUT2D eigenvalue weighted by Crippen LogP contribution is -2.45. The van der Waals surface area contributed by atoms with Gasteiger partial charge in [0.2, 0.25) is 0 Å². The minimum absolute atomic E-state index is 0.0112. The number of rotatable bonds is 5. The zero-order chi connectivity index (χ0) is 21.1. The molecule has 1 atom stereocenters. The molecule has 8 heteroatoms. The van der Waals surface area contributed by atoms with Gasteiger partial charge in [0.1, 0.15) is 5.82 Å². The van der Waals surface area contributed by atoms with E-state index in [1.54, 1.807) is 10.7 Å². The van der Waals surface area contributed by atoms with Crippen LogP contribution in [0.2, 0.25) is 0 Å². The van der Waals surface area contributed by atoms with Gasteiger partial charge in [-0.1, -0.05) is 0 Å². The van der Waals surface area contributed by atoms with Crippen LogP contribution in [-0.2, 0) is 6.54 Å². The summed E-state index contributed by atoms with van der Waals surface area (Å²) in [5, 5.41) is 4.58. The highest BCUT2D eigenvalue weighted by Gasteiger charge is 2.24. The van der Waals surface area contributed by atoms with E-state index in [1.807, 2.05) is 31.4 Å². The van der Waals surface area contributed by atoms with Gasteiger partial charge >= 0.3 is 0 Å². The molecule has 0 radical (unpaired) electrons. The summed E-state index contributed by atoms with van der Waals surface area (Å²) in [5.74, 6) is 0.971. The van der Waals surface area contributed by atoms with Crippen LogP contribution in [0, 0.1) is 0 Å². The fourth-order valence-corrected chi connectivity index (χ4v) is 4.36. The highest BCUT2D eigenvalue weighted by atomic mass is 16.1. The molecule has 2 aliphatic rings. The molecule has 0 N–H and O–H groups in total. The van der Waals surface area contributed by atoms with Crippen LogP contribution in [-0.4, -0.2) is 85.0 Å². The van der Waals surface area contributed by atoms with Crippen LogP contribution in [0.3, 0.4) is 0 Å². The van der Waals surface area contributed by atoms with Crippen LogP contribution in [0.15, 0.2) is 35.4 Å². The third-order valence-corrected chi connectivity index (χ3v) is 6.18. The molecular formula is C22H33N7O. The number of anilines is 2. The summed E-state index contributed by atoms with van der Waals surface area (Å²) >= 11 is 0. The van der Waals surface area contributed by atoms with E-state index in [9.17, 15) is 4.79 Å². The average Bonchev–Trinajstić information content (AvgIpc) is 2.74. The first-order valence-corrected chi connectivity index (χ1v) is 10.9. The number of likely N-dealkylation sites (tertiary alicyclic amines) is 1. The maximum absolute atomic E-state index is 12.9. The van der Waals surface area contributed by atoms with Crippen LogP contribution < -0.4 is 15.4 Å². The molecule has 2 aliphatic heterocycles. The van der Waals surface area contributed by atoms with Crippen molar-refractivity contribution < 1.29 is 0 Å². The van der Waals surface area contributed by atoms with Crippen molar-refractivity contribution in [1.29, 1.82) is 0 Å². The Morgan fingerprint density at radius 1 is 1.13 bits per heavy atom. The van der Waals surface area contributed by atoms with Gasteiger partial charge in [-0.2, -0.15) is 5.10 Å². The van der Waals surface area contributed by atoms with Gasteiger partial charge < -0.3 is 14.7 Å². The molecule has 0 aliphatic carbocycles. The zero-order valence-corrected chi connectivity index (χ0v) is 18.4. The second kappa shape index (κ2) is 9.14. The minimum atomic E-state index is 0.0112. The van der Waals surface area contributed by atoms with Gasteiger partial charge in [0.05, 0.1) is 17.9 Å². The van der Waals surface area contributed by atoms with E-state index in [0.29, 0.717) is 0 Å². The van der Waals surface area contributed by atoms with E-state index in [0.717, 1.165) is 70.2 Å². The number of aromatic nitrogens is 3. The van der Waals surface area contributed by atoms with E-state index in [1.165, 1.54) is 5.56 Å². The van der Waals surface area contributed by atoms with Crippen LogP contribution in [0.1, 0.15) is 24.4 Å². The van der Waals surface area contributed by atoms with Crippen molar-refractivity contribution in [2.75, 3.05) is 70.2 Å². The molecule has 4 rings (SSSR count). The molecule has 30 heavy (non-hydrogen) atoms. The monoisotopic (exact) mass is 411 g/mol. The number of pyridine rings is 1. The molecule has 0 bridgehead atoms. The summed E-state index contributed by atoms with van der Waals surface area (Å²) < 4.78 is 1.70. The normalized spacial score (nSPS) is 21.0. The minimum Gasteiger partial charge on any atom is -0.368 e. The van der Waals surface area contributed by atoms with Crippen LogP contribution >= 0.6 is 0 Å². The predicted octanol–water partition coefficient (Wildman–Crippen LogP) is 1.29. The highest BCUT2D eigenvalue weighted by Crippen LogP contribution is 2.22. The fourth-order valence-electron chi connectivity index (χ4n) is 4.36. The van der Waals surface area contributed by atoms with E-state index < -0.39 is 0 Å². The van der Waals surface area contributed by atoms with Gasteiger partial charge in [0, 0.05) is 65.6 Å². The summed E-state index contributed by atoms with van der Waals surface area (Å²) in [5.41, 5.74) is 2.21. The first kappa shape index (κ1) is 20.8. The smallest absolute Gasteiger partial charge is 0.269 e. The lowest BCUT2D eigenvalue weighted by Gasteiger charge is -2.35. The Kier molecular flexibility index (Phi) is 6.34. The second-order valence-electron chi connectivity index (χ2n) is 8.73. The van der Waals surface area contributed by atoms with E-state index in [-0.39, 0.29) is 11.6 Å². The van der Waals surface area contributed by atoms with Gasteiger partial charge in [-0.05, 0) is 44.1 Å². The first-order chi connectivity index (χ1) is 14.5. The molecule has 2 saturated heterocycles. The van der Waals surface area contributed by atoms with Gasteiger partial charge in [-0.3, -0.25) is 9.69 Å². The average molecular weight is 412 g/mol. The molecule has 0 amide bonds. The molecule has 0 saturated carbocycles. The molecule has 4 heterocycles. The third-order valence-electron chi connectivity index (χ3n) is 6.18. The molecule has 2 aromatic heterocycles. The molecule has 162 valence electrons. The van der Waals surface area contributed by atoms with E-state index in [4.69, 9.17) is 0 Å². The van der Waals surface area contributed by atoms with Gasteiger partial charge in [0.25, 0.3) is 5.56 Å². The van der Waals surface area contributed by atoms with Crippen molar-refractivity contribution in [3.05, 3.63) is 46.5 Å². The van der Waals surface area contributed by atoms with Crippen molar-refractivity contribution in [1.82, 2.24) is 24.6 Å². The molecule has 0 spiro atoms. The molecule has 2 fully saturated rings. The largest absolute Gasteiger partial charge is 0.368 e. The quantitative estimate of drug-likeness (QED) is 0.735. The SMILES string of the molecule is CN1CCN(c2cnn([C@@H]3CCCN(Cc4ccnc(N(C)C)c4)C3)c(=O)c2)CC1. The molecule has 0 unspecified atom stereocenters. The number of nitrogens with zero attached hydrogens (tertiary/aromatic N) is 7. The third kappa shape index (κ3) is 4.82. The Balaban J connectivity index is 1.43. The molecule has 2 aromatic rings. The number of piperidine rings is 1. The van der Waals surface area contributed by atoms with Crippen molar-refractivity contribution in [3.63, 3.8) is 0 Å². The van der Waals surface area contributed by atoms with E-state index in [2.05, 4.69) is 44.0 Å². The first-order valence-electron chi connectivity index (χ1n) is 10.9. The number of piperazine rings is 1. The molecule has 8 nitrogen and oxygen atoms in total. The number of hydrogen-bond donors (Lipinski definition) is 0. The van der Waals surface area contributed by atoms with Gasteiger partial charge in [-0.25, -0.2) is 9.67 Å². The highest BCUT2D eigenvalue weighted by molar-refractivity contribution is 5.43. The van der Waals surface area contributed by atoms with Gasteiger partial charge in [-0.15, -0.1) is 0 Å². The van der Waals surface area contributed by atoms with E-state index >= 15 is 0 Å². The van der Waals surface area contributed by atoms with Crippen molar-refractivity contribution in [2.24, 2.45) is 0 Å².